The molecule has 1 amide bonds. The van der Waals surface area contributed by atoms with Crippen LogP contribution in [0.2, 0.25) is 0 Å². The Morgan fingerprint density at radius 2 is 2.00 bits per heavy atom. The second kappa shape index (κ2) is 7.63. The molecule has 4 N–H and O–H groups in total. The van der Waals surface area contributed by atoms with Gasteiger partial charge < -0.3 is 20.1 Å². The topological polar surface area (TPSA) is 124 Å². The number of nitrogens with two attached hydrogens (primary N) is 1. The maximum absolute atomic E-state index is 12.5. The molecule has 0 saturated heterocycles. The highest BCUT2D eigenvalue weighted by Gasteiger charge is 2.20. The normalized spacial score (nSPS) is 12.8. The molecule has 0 spiro atoms. The molecule has 0 bridgehead atoms. The van der Waals surface area contributed by atoms with Gasteiger partial charge in [-0.1, -0.05) is 6.07 Å². The SMILES string of the molecule is COc1ccc(S(=O)(=O)NC[C@@H](O)c2ccc3c(ccn3C)c2)cc1C(N)=O. The van der Waals surface area contributed by atoms with Crippen LogP contribution in [-0.2, 0) is 17.1 Å². The van der Waals surface area contributed by atoms with Crippen LogP contribution in [0.4, 0.5) is 0 Å². The first kappa shape index (κ1) is 19.9. The summed E-state index contributed by atoms with van der Waals surface area (Å²) in [7, 11) is -0.686. The Bertz CT molecular complexity index is 1140. The van der Waals surface area contributed by atoms with E-state index in [9.17, 15) is 18.3 Å². The van der Waals surface area contributed by atoms with Crippen molar-refractivity contribution in [3.8, 4) is 5.75 Å². The van der Waals surface area contributed by atoms with Crippen molar-refractivity contribution in [1.29, 1.82) is 0 Å². The molecule has 0 unspecified atom stereocenters. The number of carbonyl (C=O) groups is 1. The first-order valence-corrected chi connectivity index (χ1v) is 9.92. The minimum absolute atomic E-state index is 0.0412. The van der Waals surface area contributed by atoms with Crippen LogP contribution in [0.1, 0.15) is 22.0 Å². The fourth-order valence-electron chi connectivity index (χ4n) is 2.94. The number of aliphatic hydroxyl groups is 1. The molecule has 1 aromatic heterocycles. The predicted molar refractivity (Wildman–Crippen MR) is 105 cm³/mol. The fourth-order valence-corrected chi connectivity index (χ4v) is 4.01. The van der Waals surface area contributed by atoms with Gasteiger partial charge in [0.05, 0.1) is 23.7 Å². The monoisotopic (exact) mass is 403 g/mol. The number of rotatable bonds is 7. The molecular formula is C19H21N3O5S. The number of hydrogen-bond acceptors (Lipinski definition) is 5. The lowest BCUT2D eigenvalue weighted by atomic mass is 10.1. The lowest BCUT2D eigenvalue weighted by molar-refractivity contribution is 0.0997. The average molecular weight is 403 g/mol. The number of methoxy groups -OCH3 is 1. The van der Waals surface area contributed by atoms with Gasteiger partial charge in [-0.3, -0.25) is 4.79 Å². The van der Waals surface area contributed by atoms with E-state index in [4.69, 9.17) is 10.5 Å². The van der Waals surface area contributed by atoms with Gasteiger partial charge in [0, 0.05) is 25.3 Å². The number of aromatic nitrogens is 1. The van der Waals surface area contributed by atoms with E-state index in [-0.39, 0.29) is 22.8 Å². The highest BCUT2D eigenvalue weighted by Crippen LogP contribution is 2.23. The lowest BCUT2D eigenvalue weighted by Crippen LogP contribution is -2.29. The number of primary amides is 1. The third kappa shape index (κ3) is 3.86. The van der Waals surface area contributed by atoms with Crippen molar-refractivity contribution in [2.75, 3.05) is 13.7 Å². The summed E-state index contributed by atoms with van der Waals surface area (Å²) in [5.74, 6) is -0.618. The minimum Gasteiger partial charge on any atom is -0.496 e. The van der Waals surface area contributed by atoms with E-state index in [1.54, 1.807) is 6.07 Å². The van der Waals surface area contributed by atoms with E-state index in [0.29, 0.717) is 5.56 Å². The molecule has 0 aliphatic carbocycles. The third-order valence-electron chi connectivity index (χ3n) is 4.51. The van der Waals surface area contributed by atoms with Gasteiger partial charge in [-0.25, -0.2) is 13.1 Å². The number of hydrogen-bond donors (Lipinski definition) is 3. The zero-order valence-corrected chi connectivity index (χ0v) is 16.2. The molecule has 1 atom stereocenters. The van der Waals surface area contributed by atoms with Crippen molar-refractivity contribution < 1.29 is 23.1 Å². The Hall–Kier alpha value is -2.88. The standard InChI is InChI=1S/C19H21N3O5S/c1-22-8-7-12-9-13(3-5-16(12)22)17(23)11-21-28(25,26)14-4-6-18(27-2)15(10-14)19(20)24/h3-10,17,21,23H,11H2,1-2H3,(H2,20,24)/t17-/m1/s1. The van der Waals surface area contributed by atoms with Crippen molar-refractivity contribution in [2.45, 2.75) is 11.0 Å². The molecule has 148 valence electrons. The van der Waals surface area contributed by atoms with Crippen molar-refractivity contribution in [1.82, 2.24) is 9.29 Å². The van der Waals surface area contributed by atoms with Crippen LogP contribution < -0.4 is 15.2 Å². The largest absolute Gasteiger partial charge is 0.496 e. The fraction of sp³-hybridized carbons (Fsp3) is 0.211. The zero-order valence-electron chi connectivity index (χ0n) is 15.4. The van der Waals surface area contributed by atoms with Gasteiger partial charge in [-0.05, 0) is 47.3 Å². The van der Waals surface area contributed by atoms with Crippen LogP contribution >= 0.6 is 0 Å². The second-order valence-corrected chi connectivity index (χ2v) is 8.11. The van der Waals surface area contributed by atoms with E-state index < -0.39 is 22.0 Å². The number of nitrogens with one attached hydrogen (secondary N) is 1. The Morgan fingerprint density at radius 3 is 2.68 bits per heavy atom. The molecule has 0 aliphatic heterocycles. The summed E-state index contributed by atoms with van der Waals surface area (Å²) in [5, 5.41) is 11.3. The van der Waals surface area contributed by atoms with E-state index in [2.05, 4.69) is 4.72 Å². The number of aliphatic hydroxyl groups excluding tert-OH is 1. The zero-order chi connectivity index (χ0) is 20.5. The summed E-state index contributed by atoms with van der Waals surface area (Å²) in [6.07, 6.45) is 0.872. The highest BCUT2D eigenvalue weighted by atomic mass is 32.2. The van der Waals surface area contributed by atoms with Gasteiger partial charge >= 0.3 is 0 Å². The molecule has 0 saturated carbocycles. The predicted octanol–water partition coefficient (Wildman–Crippen LogP) is 1.30. The number of benzene rings is 2. The van der Waals surface area contributed by atoms with E-state index in [1.165, 1.54) is 19.2 Å². The molecule has 0 radical (unpaired) electrons. The number of aryl methyl sites for hydroxylation is 1. The van der Waals surface area contributed by atoms with Gasteiger partial charge in [0.25, 0.3) is 5.91 Å². The minimum atomic E-state index is -3.96. The number of sulfonamides is 1. The third-order valence-corrected chi connectivity index (χ3v) is 5.93. The average Bonchev–Trinajstić information content (AvgIpc) is 3.05. The number of fused-ring (bicyclic) bond motifs is 1. The summed E-state index contributed by atoms with van der Waals surface area (Å²) in [5.41, 5.74) is 6.83. The molecule has 1 heterocycles. The number of carbonyl (C=O) groups excluding carboxylic acids is 1. The molecule has 2 aromatic carbocycles. The van der Waals surface area contributed by atoms with Crippen LogP contribution in [0, 0.1) is 0 Å². The smallest absolute Gasteiger partial charge is 0.252 e. The van der Waals surface area contributed by atoms with Crippen LogP contribution in [0.3, 0.4) is 0 Å². The van der Waals surface area contributed by atoms with Gasteiger partial charge in [-0.2, -0.15) is 0 Å². The maximum Gasteiger partial charge on any atom is 0.252 e. The van der Waals surface area contributed by atoms with Gasteiger partial charge in [0.15, 0.2) is 0 Å². The maximum atomic E-state index is 12.5. The summed E-state index contributed by atoms with van der Waals surface area (Å²) in [6.45, 7) is -0.224. The molecule has 8 nitrogen and oxygen atoms in total. The molecule has 3 aromatic rings. The van der Waals surface area contributed by atoms with E-state index >= 15 is 0 Å². The van der Waals surface area contributed by atoms with E-state index in [0.717, 1.165) is 17.0 Å². The molecular weight excluding hydrogens is 382 g/mol. The van der Waals surface area contributed by atoms with Crippen LogP contribution in [0.15, 0.2) is 53.6 Å². The molecule has 9 heteroatoms. The number of amides is 1. The Kier molecular flexibility index (Phi) is 5.41. The van der Waals surface area contributed by atoms with Crippen molar-refractivity contribution in [3.05, 3.63) is 59.8 Å². The molecule has 28 heavy (non-hydrogen) atoms. The Morgan fingerprint density at radius 1 is 1.25 bits per heavy atom. The first-order chi connectivity index (χ1) is 13.2. The van der Waals surface area contributed by atoms with Crippen LogP contribution in [0.5, 0.6) is 5.75 Å². The lowest BCUT2D eigenvalue weighted by Gasteiger charge is -2.14. The quantitative estimate of drug-likeness (QED) is 0.549. The summed E-state index contributed by atoms with van der Waals surface area (Å²) in [4.78, 5) is 11.4. The Balaban J connectivity index is 1.78. The van der Waals surface area contributed by atoms with Crippen LogP contribution in [-0.4, -0.2) is 37.7 Å². The highest BCUT2D eigenvalue weighted by molar-refractivity contribution is 7.89. The van der Waals surface area contributed by atoms with Gasteiger partial charge in [-0.15, -0.1) is 0 Å². The molecule has 0 fully saturated rings. The van der Waals surface area contributed by atoms with Gasteiger partial charge in [0.1, 0.15) is 5.75 Å². The van der Waals surface area contributed by atoms with Crippen molar-refractivity contribution in [2.24, 2.45) is 12.8 Å². The Labute approximate surface area is 162 Å². The van der Waals surface area contributed by atoms with Crippen LogP contribution in [0.25, 0.3) is 10.9 Å². The second-order valence-electron chi connectivity index (χ2n) is 6.34. The first-order valence-electron chi connectivity index (χ1n) is 8.43. The number of ether oxygens (including phenoxy) is 1. The summed E-state index contributed by atoms with van der Waals surface area (Å²) in [6, 6.07) is 11.1. The molecule has 3 rings (SSSR count). The van der Waals surface area contributed by atoms with Crippen molar-refractivity contribution in [3.63, 3.8) is 0 Å². The van der Waals surface area contributed by atoms with Gasteiger partial charge in [0.2, 0.25) is 10.0 Å². The van der Waals surface area contributed by atoms with Crippen molar-refractivity contribution >= 4 is 26.8 Å². The van der Waals surface area contributed by atoms with E-state index in [1.807, 2.05) is 36.0 Å². The summed E-state index contributed by atoms with van der Waals surface area (Å²) < 4.78 is 34.4. The summed E-state index contributed by atoms with van der Waals surface area (Å²) >= 11 is 0. The number of nitrogens with zero attached hydrogens (tertiary/aromatic N) is 1. The molecule has 0 aliphatic rings.